The van der Waals surface area contributed by atoms with Gasteiger partial charge in [-0.1, -0.05) is 12.1 Å². The summed E-state index contributed by atoms with van der Waals surface area (Å²) in [5, 5.41) is 10.6. The molecule has 2 aliphatic heterocycles. The summed E-state index contributed by atoms with van der Waals surface area (Å²) in [6.45, 7) is 0. The summed E-state index contributed by atoms with van der Waals surface area (Å²) in [5.41, 5.74) is 0.774. The number of nitro groups is 1. The van der Waals surface area contributed by atoms with Crippen molar-refractivity contribution in [2.75, 3.05) is 7.05 Å². The molecule has 0 radical (unpaired) electrons. The van der Waals surface area contributed by atoms with Gasteiger partial charge in [-0.05, 0) is 38.3 Å². The molecule has 6 heteroatoms. The Morgan fingerprint density at radius 2 is 1.86 bits per heavy atom. The van der Waals surface area contributed by atoms with Crippen molar-refractivity contribution in [1.29, 1.82) is 0 Å². The summed E-state index contributed by atoms with van der Waals surface area (Å²) in [5.74, 6) is -0.247. The molecule has 118 valence electrons. The molecule has 1 aromatic rings. The second kappa shape index (κ2) is 6.04. The molecule has 2 saturated heterocycles. The molecule has 2 aliphatic rings. The lowest BCUT2D eigenvalue weighted by Gasteiger charge is -2.35. The Kier molecular flexibility index (Phi) is 4.11. The average molecular weight is 304 g/mol. The third kappa shape index (κ3) is 3.11. The third-order valence-corrected chi connectivity index (χ3v) is 4.85. The van der Waals surface area contributed by atoms with Crippen molar-refractivity contribution in [3.8, 4) is 0 Å². The van der Waals surface area contributed by atoms with E-state index in [1.54, 1.807) is 12.1 Å². The van der Waals surface area contributed by atoms with Gasteiger partial charge in [-0.3, -0.25) is 14.9 Å². The first-order valence-electron chi connectivity index (χ1n) is 7.67. The number of carbonyl (C=O) groups is 1. The number of carbonyl (C=O) groups excluding carboxylic acids is 1. The molecule has 2 bridgehead atoms. The standard InChI is InChI=1S/C16H20N2O4/c1-17-13-6-7-14(17)10-15(9-13)22-16(19)8-11-2-4-12(5-3-11)18(20)21/h2-5,13-15H,6-10H2,1H3. The highest BCUT2D eigenvalue weighted by atomic mass is 16.6. The summed E-state index contributed by atoms with van der Waals surface area (Å²) in [6.07, 6.45) is 4.39. The smallest absolute Gasteiger partial charge is 0.310 e. The van der Waals surface area contributed by atoms with Crippen LogP contribution in [-0.4, -0.2) is 41.0 Å². The zero-order valence-electron chi connectivity index (χ0n) is 12.6. The maximum absolute atomic E-state index is 12.0. The van der Waals surface area contributed by atoms with Gasteiger partial charge in [0.1, 0.15) is 6.10 Å². The van der Waals surface area contributed by atoms with Gasteiger partial charge in [-0.15, -0.1) is 0 Å². The Hall–Kier alpha value is -1.95. The zero-order valence-corrected chi connectivity index (χ0v) is 12.6. The molecule has 2 heterocycles. The third-order valence-electron chi connectivity index (χ3n) is 4.85. The second-order valence-corrected chi connectivity index (χ2v) is 6.23. The van der Waals surface area contributed by atoms with E-state index in [1.807, 2.05) is 0 Å². The highest BCUT2D eigenvalue weighted by molar-refractivity contribution is 5.72. The Morgan fingerprint density at radius 3 is 2.41 bits per heavy atom. The molecule has 2 atom stereocenters. The van der Waals surface area contributed by atoms with E-state index in [1.165, 1.54) is 25.0 Å². The van der Waals surface area contributed by atoms with Crippen molar-refractivity contribution in [3.05, 3.63) is 39.9 Å². The van der Waals surface area contributed by atoms with Crippen LogP contribution < -0.4 is 0 Å². The van der Waals surface area contributed by atoms with E-state index >= 15 is 0 Å². The number of hydrogen-bond acceptors (Lipinski definition) is 5. The molecule has 22 heavy (non-hydrogen) atoms. The van der Waals surface area contributed by atoms with Gasteiger partial charge >= 0.3 is 5.97 Å². The number of benzene rings is 1. The number of rotatable bonds is 4. The van der Waals surface area contributed by atoms with E-state index in [0.29, 0.717) is 12.1 Å². The van der Waals surface area contributed by atoms with Crippen LogP contribution in [-0.2, 0) is 16.0 Å². The van der Waals surface area contributed by atoms with Crippen molar-refractivity contribution in [2.45, 2.75) is 50.3 Å². The topological polar surface area (TPSA) is 72.7 Å². The van der Waals surface area contributed by atoms with E-state index < -0.39 is 4.92 Å². The number of nitro benzene ring substituents is 1. The van der Waals surface area contributed by atoms with Gasteiger partial charge in [0.25, 0.3) is 5.69 Å². The number of fused-ring (bicyclic) bond motifs is 2. The maximum atomic E-state index is 12.0. The lowest BCUT2D eigenvalue weighted by Crippen LogP contribution is -2.43. The van der Waals surface area contributed by atoms with Crippen LogP contribution in [0.2, 0.25) is 0 Å². The first-order valence-corrected chi connectivity index (χ1v) is 7.67. The van der Waals surface area contributed by atoms with Crippen LogP contribution in [0.5, 0.6) is 0 Å². The molecule has 2 unspecified atom stereocenters. The molecule has 0 N–H and O–H groups in total. The van der Waals surface area contributed by atoms with Gasteiger partial charge in [0.05, 0.1) is 11.3 Å². The molecular formula is C16H20N2O4. The van der Waals surface area contributed by atoms with E-state index in [0.717, 1.165) is 18.4 Å². The van der Waals surface area contributed by atoms with E-state index in [2.05, 4.69) is 11.9 Å². The van der Waals surface area contributed by atoms with Crippen LogP contribution in [0.25, 0.3) is 0 Å². The Bertz CT molecular complexity index is 558. The largest absolute Gasteiger partial charge is 0.462 e. The first kappa shape index (κ1) is 15.0. The van der Waals surface area contributed by atoms with Gasteiger partial charge in [-0.25, -0.2) is 0 Å². The quantitative estimate of drug-likeness (QED) is 0.485. The first-order chi connectivity index (χ1) is 10.5. The fraction of sp³-hybridized carbons (Fsp3) is 0.562. The monoisotopic (exact) mass is 304 g/mol. The number of piperidine rings is 1. The highest BCUT2D eigenvalue weighted by Gasteiger charge is 2.39. The minimum Gasteiger partial charge on any atom is -0.462 e. The Morgan fingerprint density at radius 1 is 1.27 bits per heavy atom. The van der Waals surface area contributed by atoms with Gasteiger partial charge in [0.2, 0.25) is 0 Å². The van der Waals surface area contributed by atoms with Gasteiger partial charge < -0.3 is 9.64 Å². The van der Waals surface area contributed by atoms with Crippen LogP contribution >= 0.6 is 0 Å². The summed E-state index contributed by atoms with van der Waals surface area (Å²) in [7, 11) is 2.15. The zero-order chi connectivity index (χ0) is 15.7. The van der Waals surface area contributed by atoms with Crippen LogP contribution in [0.1, 0.15) is 31.2 Å². The van der Waals surface area contributed by atoms with E-state index in [-0.39, 0.29) is 24.2 Å². The van der Waals surface area contributed by atoms with Crippen LogP contribution in [0, 0.1) is 10.1 Å². The normalized spacial score (nSPS) is 27.6. The Labute approximate surface area is 129 Å². The van der Waals surface area contributed by atoms with Gasteiger partial charge in [0, 0.05) is 24.2 Å². The van der Waals surface area contributed by atoms with Crippen LogP contribution in [0.15, 0.2) is 24.3 Å². The maximum Gasteiger partial charge on any atom is 0.310 e. The Balaban J connectivity index is 1.53. The molecule has 2 fully saturated rings. The number of esters is 1. The summed E-state index contributed by atoms with van der Waals surface area (Å²) in [4.78, 5) is 24.6. The van der Waals surface area contributed by atoms with Crippen molar-refractivity contribution in [1.82, 2.24) is 4.90 Å². The van der Waals surface area contributed by atoms with Crippen LogP contribution in [0.3, 0.4) is 0 Å². The fourth-order valence-corrected chi connectivity index (χ4v) is 3.59. The van der Waals surface area contributed by atoms with Crippen LogP contribution in [0.4, 0.5) is 5.69 Å². The molecule has 6 nitrogen and oxygen atoms in total. The van der Waals surface area contributed by atoms with Gasteiger partial charge in [0.15, 0.2) is 0 Å². The van der Waals surface area contributed by atoms with Crippen molar-refractivity contribution in [3.63, 3.8) is 0 Å². The molecule has 0 aliphatic carbocycles. The van der Waals surface area contributed by atoms with Crippen molar-refractivity contribution < 1.29 is 14.5 Å². The van der Waals surface area contributed by atoms with Gasteiger partial charge in [-0.2, -0.15) is 0 Å². The predicted octanol–water partition coefficient (Wildman–Crippen LogP) is 2.31. The number of nitrogens with zero attached hydrogens (tertiary/aromatic N) is 2. The average Bonchev–Trinajstić information content (AvgIpc) is 2.70. The summed E-state index contributed by atoms with van der Waals surface area (Å²) < 4.78 is 5.60. The predicted molar refractivity (Wildman–Crippen MR) is 80.5 cm³/mol. The lowest BCUT2D eigenvalue weighted by atomic mass is 10.0. The molecule has 0 amide bonds. The number of hydrogen-bond donors (Lipinski definition) is 0. The summed E-state index contributed by atoms with van der Waals surface area (Å²) in [6, 6.07) is 7.12. The second-order valence-electron chi connectivity index (χ2n) is 6.23. The fourth-order valence-electron chi connectivity index (χ4n) is 3.59. The minimum absolute atomic E-state index is 0.0132. The number of ether oxygens (including phenoxy) is 1. The molecule has 1 aromatic carbocycles. The SMILES string of the molecule is CN1C2CCC1CC(OC(=O)Cc1ccc([N+](=O)[O-])cc1)C2. The minimum atomic E-state index is -0.448. The lowest BCUT2D eigenvalue weighted by molar-refractivity contribution is -0.384. The van der Waals surface area contributed by atoms with E-state index in [4.69, 9.17) is 4.74 Å². The van der Waals surface area contributed by atoms with Crippen molar-refractivity contribution in [2.24, 2.45) is 0 Å². The number of non-ortho nitro benzene ring substituents is 1. The molecule has 0 saturated carbocycles. The molecular weight excluding hydrogens is 284 g/mol. The van der Waals surface area contributed by atoms with E-state index in [9.17, 15) is 14.9 Å². The molecule has 0 aromatic heterocycles. The van der Waals surface area contributed by atoms with Crippen molar-refractivity contribution >= 4 is 11.7 Å². The molecule has 3 rings (SSSR count). The molecule has 0 spiro atoms. The summed E-state index contributed by atoms with van der Waals surface area (Å²) >= 11 is 0. The highest BCUT2D eigenvalue weighted by Crippen LogP contribution is 2.35.